The summed E-state index contributed by atoms with van der Waals surface area (Å²) in [7, 11) is -0.723. The quantitative estimate of drug-likeness (QED) is 0.0278. The minimum Gasteiger partial charge on any atom is -0.462 e. The van der Waals surface area contributed by atoms with Gasteiger partial charge in [0.15, 0.2) is 6.10 Å². The summed E-state index contributed by atoms with van der Waals surface area (Å²) in [5, 5.41) is 0. The zero-order chi connectivity index (χ0) is 41.9. The lowest BCUT2D eigenvalue weighted by molar-refractivity contribution is -0.161. The van der Waals surface area contributed by atoms with Crippen LogP contribution in [0.3, 0.4) is 0 Å². The van der Waals surface area contributed by atoms with Crippen molar-refractivity contribution in [2.24, 2.45) is 0 Å². The van der Waals surface area contributed by atoms with Gasteiger partial charge in [0, 0.05) is 19.4 Å². The van der Waals surface area contributed by atoms with E-state index >= 15 is 0 Å². The van der Waals surface area contributed by atoms with E-state index in [9.17, 15) is 19.0 Å². The molecule has 0 amide bonds. The highest BCUT2D eigenvalue weighted by Crippen LogP contribution is 2.43. The molecule has 0 heterocycles. The van der Waals surface area contributed by atoms with Gasteiger partial charge in [0.25, 0.3) is 0 Å². The molecule has 10 heteroatoms. The van der Waals surface area contributed by atoms with Crippen LogP contribution < -0.4 is 0 Å². The molecule has 0 saturated heterocycles. The van der Waals surface area contributed by atoms with E-state index in [-0.39, 0.29) is 32.0 Å². The molecule has 0 aromatic heterocycles. The number of likely N-dealkylation sites (N-methyl/N-ethyl adjacent to an activating group) is 1. The van der Waals surface area contributed by atoms with Crippen LogP contribution >= 0.6 is 7.82 Å². The normalized spacial score (nSPS) is 13.8. The number of carbonyl (C=O) groups excluding carboxylic acids is 2. The molecule has 0 aliphatic rings. The number of esters is 2. The van der Waals surface area contributed by atoms with Gasteiger partial charge >= 0.3 is 19.8 Å². The van der Waals surface area contributed by atoms with Crippen LogP contribution in [0.4, 0.5) is 0 Å². The monoisotopic (exact) mass is 824 g/mol. The molecule has 0 saturated carbocycles. The van der Waals surface area contributed by atoms with Crippen molar-refractivity contribution in [3.05, 3.63) is 48.6 Å². The summed E-state index contributed by atoms with van der Waals surface area (Å²) in [5.74, 6) is -0.823. The zero-order valence-electron chi connectivity index (χ0n) is 37.0. The van der Waals surface area contributed by atoms with Crippen molar-refractivity contribution in [3.8, 4) is 0 Å². The molecule has 0 aliphatic heterocycles. The maximum absolute atomic E-state index is 12.7. The largest absolute Gasteiger partial charge is 0.472 e. The average molecular weight is 824 g/mol. The second-order valence-corrected chi connectivity index (χ2v) is 17.0. The van der Waals surface area contributed by atoms with Crippen LogP contribution in [0, 0.1) is 0 Å². The van der Waals surface area contributed by atoms with Crippen LogP contribution in [0.5, 0.6) is 0 Å². The van der Waals surface area contributed by atoms with Gasteiger partial charge in [0.1, 0.15) is 6.61 Å². The third kappa shape index (κ3) is 43.4. The molecule has 0 spiro atoms. The van der Waals surface area contributed by atoms with Crippen LogP contribution in [0.2, 0.25) is 0 Å². The number of phosphoric acid groups is 1. The molecule has 0 bridgehead atoms. The predicted molar refractivity (Wildman–Crippen MR) is 238 cm³/mol. The van der Waals surface area contributed by atoms with Gasteiger partial charge in [0.2, 0.25) is 0 Å². The Hall–Kier alpha value is -2.03. The van der Waals surface area contributed by atoms with Crippen molar-refractivity contribution < 1.29 is 37.6 Å². The molecular weight excluding hydrogens is 737 g/mol. The van der Waals surface area contributed by atoms with Gasteiger partial charge in [-0.3, -0.25) is 18.6 Å². The Kier molecular flexibility index (Phi) is 40.6. The van der Waals surface area contributed by atoms with Crippen molar-refractivity contribution in [2.75, 3.05) is 40.5 Å². The number of rotatable bonds is 42. The molecule has 0 fully saturated rings. The van der Waals surface area contributed by atoms with Gasteiger partial charge in [-0.25, -0.2) is 4.57 Å². The topological polar surface area (TPSA) is 112 Å². The summed E-state index contributed by atoms with van der Waals surface area (Å²) in [6.07, 6.45) is 47.2. The Morgan fingerprint density at radius 2 is 0.947 bits per heavy atom. The van der Waals surface area contributed by atoms with Gasteiger partial charge in [-0.15, -0.1) is 0 Å². The van der Waals surface area contributed by atoms with E-state index in [1.807, 2.05) is 19.0 Å². The Labute approximate surface area is 350 Å². The molecule has 0 aromatic rings. The lowest BCUT2D eigenvalue weighted by atomic mass is 10.1. The first kappa shape index (κ1) is 55.0. The first-order chi connectivity index (χ1) is 27.7. The number of carbonyl (C=O) groups is 2. The van der Waals surface area contributed by atoms with Crippen molar-refractivity contribution in [1.29, 1.82) is 0 Å². The fraction of sp³-hybridized carbons (Fsp3) is 0.787. The fourth-order valence-electron chi connectivity index (χ4n) is 6.04. The van der Waals surface area contributed by atoms with Crippen LogP contribution in [-0.4, -0.2) is 68.3 Å². The first-order valence-electron chi connectivity index (χ1n) is 22.9. The number of hydrogen-bond acceptors (Lipinski definition) is 8. The Bertz CT molecular complexity index is 1090. The van der Waals surface area contributed by atoms with E-state index < -0.39 is 26.5 Å². The highest BCUT2D eigenvalue weighted by molar-refractivity contribution is 7.47. The SMILES string of the molecule is CCCCC/C=C\C/C=C\CCCCCCCCCCCC(=O)OC(COC(=O)CCCCCCC/C=C\C/C=C\CCCCC)COP(=O)(O)OCCN(C)C. The third-order valence-electron chi connectivity index (χ3n) is 9.61. The van der Waals surface area contributed by atoms with Crippen LogP contribution in [-0.2, 0) is 32.7 Å². The smallest absolute Gasteiger partial charge is 0.462 e. The first-order valence-corrected chi connectivity index (χ1v) is 24.4. The minimum absolute atomic E-state index is 0.00292. The molecule has 0 aromatic carbocycles. The molecule has 0 rings (SSSR count). The summed E-state index contributed by atoms with van der Waals surface area (Å²) in [6, 6.07) is 0. The number of allylic oxidation sites excluding steroid dienone is 8. The highest BCUT2D eigenvalue weighted by Gasteiger charge is 2.26. The second-order valence-electron chi connectivity index (χ2n) is 15.6. The summed E-state index contributed by atoms with van der Waals surface area (Å²) < 4.78 is 33.5. The van der Waals surface area contributed by atoms with Crippen molar-refractivity contribution in [2.45, 2.75) is 200 Å². The number of unbranched alkanes of at least 4 members (excludes halogenated alkanes) is 20. The van der Waals surface area contributed by atoms with Crippen molar-refractivity contribution >= 4 is 19.8 Å². The van der Waals surface area contributed by atoms with Crippen LogP contribution in [0.15, 0.2) is 48.6 Å². The molecule has 9 nitrogen and oxygen atoms in total. The Balaban J connectivity index is 4.28. The Morgan fingerprint density at radius 3 is 1.39 bits per heavy atom. The van der Waals surface area contributed by atoms with Gasteiger partial charge < -0.3 is 19.3 Å². The van der Waals surface area contributed by atoms with E-state index in [4.69, 9.17) is 18.5 Å². The lowest BCUT2D eigenvalue weighted by Crippen LogP contribution is -2.29. The fourth-order valence-corrected chi connectivity index (χ4v) is 6.78. The number of phosphoric ester groups is 1. The molecule has 0 radical (unpaired) electrons. The van der Waals surface area contributed by atoms with E-state index in [2.05, 4.69) is 62.5 Å². The molecule has 0 aliphatic carbocycles. The van der Waals surface area contributed by atoms with Crippen molar-refractivity contribution in [3.63, 3.8) is 0 Å². The molecule has 2 atom stereocenters. The second kappa shape index (κ2) is 42.1. The van der Waals surface area contributed by atoms with E-state index in [0.717, 1.165) is 77.0 Å². The van der Waals surface area contributed by atoms with Crippen LogP contribution in [0.1, 0.15) is 194 Å². The summed E-state index contributed by atoms with van der Waals surface area (Å²) in [6.45, 7) is 4.25. The van der Waals surface area contributed by atoms with Gasteiger partial charge in [-0.05, 0) is 91.1 Å². The molecule has 57 heavy (non-hydrogen) atoms. The maximum Gasteiger partial charge on any atom is 0.472 e. The Morgan fingerprint density at radius 1 is 0.544 bits per heavy atom. The molecule has 2 unspecified atom stereocenters. The molecular formula is C47H86NO8P. The molecule has 332 valence electrons. The van der Waals surface area contributed by atoms with Gasteiger partial charge in [0.05, 0.1) is 13.2 Å². The average Bonchev–Trinajstić information content (AvgIpc) is 3.18. The third-order valence-corrected chi connectivity index (χ3v) is 10.6. The zero-order valence-corrected chi connectivity index (χ0v) is 37.9. The van der Waals surface area contributed by atoms with Gasteiger partial charge in [-0.1, -0.05) is 152 Å². The van der Waals surface area contributed by atoms with Gasteiger partial charge in [-0.2, -0.15) is 0 Å². The number of nitrogens with zero attached hydrogens (tertiary/aromatic N) is 1. The standard InChI is InChI=1S/C47H86NO8P/c1-5-7-9-11-13-15-17-19-21-22-23-24-26-28-30-32-34-36-38-40-47(50)56-45(44-55-57(51,52)54-42-41-48(3)4)43-53-46(49)39-37-35-33-31-29-27-25-20-18-16-14-12-10-8-6-2/h13-16,19-21,25,45H,5-12,17-18,22-24,26-44H2,1-4H3,(H,51,52)/b15-13-,16-14-,21-19-,25-20-. The highest BCUT2D eigenvalue weighted by atomic mass is 31.2. The van der Waals surface area contributed by atoms with E-state index in [1.54, 1.807) is 0 Å². The summed E-state index contributed by atoms with van der Waals surface area (Å²) in [5.41, 5.74) is 0. The van der Waals surface area contributed by atoms with Crippen molar-refractivity contribution in [1.82, 2.24) is 4.90 Å². The van der Waals surface area contributed by atoms with E-state index in [0.29, 0.717) is 13.0 Å². The molecule has 1 N–H and O–H groups in total. The summed E-state index contributed by atoms with van der Waals surface area (Å²) in [4.78, 5) is 37.1. The number of ether oxygens (including phenoxy) is 2. The summed E-state index contributed by atoms with van der Waals surface area (Å²) >= 11 is 0. The van der Waals surface area contributed by atoms with Crippen LogP contribution in [0.25, 0.3) is 0 Å². The maximum atomic E-state index is 12.7. The minimum atomic E-state index is -4.37. The predicted octanol–water partition coefficient (Wildman–Crippen LogP) is 13.3. The lowest BCUT2D eigenvalue weighted by Gasteiger charge is -2.20. The van der Waals surface area contributed by atoms with E-state index in [1.165, 1.54) is 83.5 Å². The number of hydrogen-bond donors (Lipinski definition) is 1.